The third-order valence-corrected chi connectivity index (χ3v) is 4.09. The number of esters is 1. The standard InChI is InChI=1S/C17H25NO3/c1-4-17(3)12-15(9-10-21-17)18-14-8-6-7-13(11-14)16(19)20-5-2/h6-8,11,15,18H,4-5,9-10,12H2,1-3H3. The lowest BCUT2D eigenvalue weighted by molar-refractivity contribution is -0.0708. The van der Waals surface area contributed by atoms with Crippen LogP contribution in [0.1, 0.15) is 50.4 Å². The molecule has 0 spiro atoms. The summed E-state index contributed by atoms with van der Waals surface area (Å²) in [5.41, 5.74) is 1.51. The maximum Gasteiger partial charge on any atom is 0.338 e. The van der Waals surface area contributed by atoms with Crippen molar-refractivity contribution >= 4 is 11.7 Å². The summed E-state index contributed by atoms with van der Waals surface area (Å²) in [6.45, 7) is 7.30. The van der Waals surface area contributed by atoms with Gasteiger partial charge in [0.1, 0.15) is 0 Å². The molecule has 1 aliphatic heterocycles. The summed E-state index contributed by atoms with van der Waals surface area (Å²) in [4.78, 5) is 11.8. The van der Waals surface area contributed by atoms with Crippen molar-refractivity contribution in [2.45, 2.75) is 51.7 Å². The molecule has 2 atom stereocenters. The van der Waals surface area contributed by atoms with Crippen LogP contribution in [-0.4, -0.2) is 30.8 Å². The summed E-state index contributed by atoms with van der Waals surface area (Å²) in [5, 5.41) is 3.52. The fraction of sp³-hybridized carbons (Fsp3) is 0.588. The molecule has 0 radical (unpaired) electrons. The molecular formula is C17H25NO3. The van der Waals surface area contributed by atoms with Crippen molar-refractivity contribution < 1.29 is 14.3 Å². The molecule has 4 heteroatoms. The lowest BCUT2D eigenvalue weighted by atomic mass is 9.90. The van der Waals surface area contributed by atoms with Crippen LogP contribution in [0.25, 0.3) is 0 Å². The number of carbonyl (C=O) groups excluding carboxylic acids is 1. The average Bonchev–Trinajstić information content (AvgIpc) is 2.48. The maximum absolute atomic E-state index is 11.8. The maximum atomic E-state index is 11.8. The van der Waals surface area contributed by atoms with Gasteiger partial charge in [0, 0.05) is 18.3 Å². The Hall–Kier alpha value is -1.55. The Morgan fingerprint density at radius 1 is 1.48 bits per heavy atom. The van der Waals surface area contributed by atoms with Crippen LogP contribution < -0.4 is 5.32 Å². The second kappa shape index (κ2) is 6.94. The number of carbonyl (C=O) groups is 1. The van der Waals surface area contributed by atoms with Gasteiger partial charge in [-0.15, -0.1) is 0 Å². The minimum absolute atomic E-state index is 0.0470. The Labute approximate surface area is 126 Å². The van der Waals surface area contributed by atoms with Crippen molar-refractivity contribution in [2.75, 3.05) is 18.5 Å². The predicted octanol–water partition coefficient (Wildman–Crippen LogP) is 3.62. The summed E-state index contributed by atoms with van der Waals surface area (Å²) >= 11 is 0. The quantitative estimate of drug-likeness (QED) is 0.842. The van der Waals surface area contributed by atoms with Crippen LogP contribution in [0, 0.1) is 0 Å². The number of hydrogen-bond donors (Lipinski definition) is 1. The molecule has 2 rings (SSSR count). The molecule has 1 heterocycles. The molecule has 1 fully saturated rings. The van der Waals surface area contributed by atoms with Gasteiger partial charge in [0.05, 0.1) is 17.8 Å². The van der Waals surface area contributed by atoms with Crippen LogP contribution in [-0.2, 0) is 9.47 Å². The molecule has 1 aromatic rings. The van der Waals surface area contributed by atoms with Gasteiger partial charge in [-0.1, -0.05) is 13.0 Å². The van der Waals surface area contributed by atoms with E-state index >= 15 is 0 Å². The summed E-state index contributed by atoms with van der Waals surface area (Å²) in [7, 11) is 0. The van der Waals surface area contributed by atoms with E-state index in [1.807, 2.05) is 25.1 Å². The summed E-state index contributed by atoms with van der Waals surface area (Å²) in [6, 6.07) is 7.88. The van der Waals surface area contributed by atoms with E-state index in [2.05, 4.69) is 19.2 Å². The van der Waals surface area contributed by atoms with Crippen molar-refractivity contribution in [2.24, 2.45) is 0 Å². The Balaban J connectivity index is 2.02. The Morgan fingerprint density at radius 3 is 3.00 bits per heavy atom. The highest BCUT2D eigenvalue weighted by Gasteiger charge is 2.31. The van der Waals surface area contributed by atoms with Crippen LogP contribution in [0.3, 0.4) is 0 Å². The minimum Gasteiger partial charge on any atom is -0.462 e. The summed E-state index contributed by atoms with van der Waals surface area (Å²) in [5.74, 6) is -0.272. The molecule has 0 aliphatic carbocycles. The molecule has 4 nitrogen and oxygen atoms in total. The Morgan fingerprint density at radius 2 is 2.29 bits per heavy atom. The third kappa shape index (κ3) is 4.21. The van der Waals surface area contributed by atoms with Gasteiger partial charge in [0.2, 0.25) is 0 Å². The molecule has 1 N–H and O–H groups in total. The van der Waals surface area contributed by atoms with E-state index in [9.17, 15) is 4.79 Å². The van der Waals surface area contributed by atoms with Gasteiger partial charge in [-0.05, 0) is 51.3 Å². The van der Waals surface area contributed by atoms with Crippen molar-refractivity contribution in [3.05, 3.63) is 29.8 Å². The molecule has 0 amide bonds. The van der Waals surface area contributed by atoms with Crippen LogP contribution in [0.5, 0.6) is 0 Å². The number of anilines is 1. The van der Waals surface area contributed by atoms with Gasteiger partial charge in [0.15, 0.2) is 0 Å². The smallest absolute Gasteiger partial charge is 0.338 e. The van der Waals surface area contributed by atoms with Gasteiger partial charge in [-0.3, -0.25) is 0 Å². The first-order valence-corrected chi connectivity index (χ1v) is 7.74. The predicted molar refractivity (Wildman–Crippen MR) is 83.7 cm³/mol. The topological polar surface area (TPSA) is 47.6 Å². The second-order valence-electron chi connectivity index (χ2n) is 5.79. The largest absolute Gasteiger partial charge is 0.462 e. The highest BCUT2D eigenvalue weighted by molar-refractivity contribution is 5.90. The molecule has 21 heavy (non-hydrogen) atoms. The third-order valence-electron chi connectivity index (χ3n) is 4.09. The first-order chi connectivity index (χ1) is 10.1. The van der Waals surface area contributed by atoms with Crippen LogP contribution in [0.4, 0.5) is 5.69 Å². The van der Waals surface area contributed by atoms with Crippen molar-refractivity contribution in [3.63, 3.8) is 0 Å². The van der Waals surface area contributed by atoms with E-state index in [1.165, 1.54) is 0 Å². The van der Waals surface area contributed by atoms with E-state index in [0.29, 0.717) is 18.2 Å². The van der Waals surface area contributed by atoms with Crippen molar-refractivity contribution in [1.82, 2.24) is 0 Å². The number of rotatable bonds is 5. The molecule has 116 valence electrons. The Kier molecular flexibility index (Phi) is 5.23. The average molecular weight is 291 g/mol. The van der Waals surface area contributed by atoms with Crippen LogP contribution in [0.2, 0.25) is 0 Å². The second-order valence-corrected chi connectivity index (χ2v) is 5.79. The zero-order valence-electron chi connectivity index (χ0n) is 13.1. The molecule has 1 saturated heterocycles. The summed E-state index contributed by atoms with van der Waals surface area (Å²) in [6.07, 6.45) is 2.97. The molecule has 1 aromatic carbocycles. The normalized spacial score (nSPS) is 25.4. The van der Waals surface area contributed by atoms with Gasteiger partial charge >= 0.3 is 5.97 Å². The fourth-order valence-electron chi connectivity index (χ4n) is 2.69. The number of ether oxygens (including phenoxy) is 2. The van der Waals surface area contributed by atoms with E-state index in [0.717, 1.165) is 31.6 Å². The molecular weight excluding hydrogens is 266 g/mol. The monoisotopic (exact) mass is 291 g/mol. The van der Waals surface area contributed by atoms with E-state index in [-0.39, 0.29) is 11.6 Å². The number of nitrogens with one attached hydrogen (secondary N) is 1. The minimum atomic E-state index is -0.272. The van der Waals surface area contributed by atoms with E-state index in [1.54, 1.807) is 6.07 Å². The molecule has 2 unspecified atom stereocenters. The van der Waals surface area contributed by atoms with Gasteiger partial charge in [0.25, 0.3) is 0 Å². The first-order valence-electron chi connectivity index (χ1n) is 7.74. The fourth-order valence-corrected chi connectivity index (χ4v) is 2.69. The highest BCUT2D eigenvalue weighted by Crippen LogP contribution is 2.29. The van der Waals surface area contributed by atoms with E-state index in [4.69, 9.17) is 9.47 Å². The first kappa shape index (κ1) is 15.8. The lowest BCUT2D eigenvalue weighted by Gasteiger charge is -2.38. The zero-order valence-corrected chi connectivity index (χ0v) is 13.1. The van der Waals surface area contributed by atoms with Crippen LogP contribution >= 0.6 is 0 Å². The van der Waals surface area contributed by atoms with E-state index < -0.39 is 0 Å². The highest BCUT2D eigenvalue weighted by atomic mass is 16.5. The molecule has 0 aromatic heterocycles. The molecule has 0 saturated carbocycles. The Bertz CT molecular complexity index is 489. The zero-order chi connectivity index (χ0) is 15.3. The summed E-state index contributed by atoms with van der Waals surface area (Å²) < 4.78 is 10.9. The number of benzene rings is 1. The molecule has 0 bridgehead atoms. The van der Waals surface area contributed by atoms with Gasteiger partial charge in [-0.2, -0.15) is 0 Å². The van der Waals surface area contributed by atoms with Crippen molar-refractivity contribution in [3.8, 4) is 0 Å². The van der Waals surface area contributed by atoms with Crippen LogP contribution in [0.15, 0.2) is 24.3 Å². The molecule has 1 aliphatic rings. The van der Waals surface area contributed by atoms with Gasteiger partial charge in [-0.25, -0.2) is 4.79 Å². The number of hydrogen-bond acceptors (Lipinski definition) is 4. The SMILES string of the molecule is CCOC(=O)c1cccc(NC2CCOC(C)(CC)C2)c1. The van der Waals surface area contributed by atoms with Crippen molar-refractivity contribution in [1.29, 1.82) is 0 Å². The lowest BCUT2D eigenvalue weighted by Crippen LogP contribution is -2.41. The van der Waals surface area contributed by atoms with Gasteiger partial charge < -0.3 is 14.8 Å².